The van der Waals surface area contributed by atoms with Crippen molar-refractivity contribution in [1.29, 1.82) is 0 Å². The molecule has 1 rings (SSSR count). The van der Waals surface area contributed by atoms with E-state index in [0.717, 1.165) is 0 Å². The van der Waals surface area contributed by atoms with Gasteiger partial charge in [0, 0.05) is 0 Å². The SMILES string of the molecule is N[C@H]1CO[C@H](CO)[C@H]1O. The Morgan fingerprint density at radius 3 is 2.56 bits per heavy atom. The molecule has 0 bridgehead atoms. The van der Waals surface area contributed by atoms with Gasteiger partial charge in [-0.2, -0.15) is 0 Å². The molecular weight excluding hydrogens is 122 g/mol. The van der Waals surface area contributed by atoms with E-state index >= 15 is 0 Å². The van der Waals surface area contributed by atoms with Crippen LogP contribution >= 0.6 is 0 Å². The van der Waals surface area contributed by atoms with Gasteiger partial charge in [-0.25, -0.2) is 0 Å². The summed E-state index contributed by atoms with van der Waals surface area (Å²) in [4.78, 5) is 0. The highest BCUT2D eigenvalue weighted by atomic mass is 16.5. The molecule has 0 saturated carbocycles. The third kappa shape index (κ3) is 1.21. The van der Waals surface area contributed by atoms with Crippen LogP contribution in [0.15, 0.2) is 0 Å². The number of ether oxygens (including phenoxy) is 1. The summed E-state index contributed by atoms with van der Waals surface area (Å²) in [7, 11) is 0. The molecule has 1 fully saturated rings. The minimum Gasteiger partial charge on any atom is -0.394 e. The van der Waals surface area contributed by atoms with Gasteiger partial charge >= 0.3 is 0 Å². The molecule has 1 heterocycles. The van der Waals surface area contributed by atoms with E-state index in [-0.39, 0.29) is 12.6 Å². The highest BCUT2D eigenvalue weighted by Gasteiger charge is 2.32. The number of rotatable bonds is 1. The first-order chi connectivity index (χ1) is 4.25. The van der Waals surface area contributed by atoms with Gasteiger partial charge in [0.15, 0.2) is 0 Å². The summed E-state index contributed by atoms with van der Waals surface area (Å²) >= 11 is 0. The Bertz CT molecular complexity index is 98.2. The van der Waals surface area contributed by atoms with Crippen molar-refractivity contribution in [2.45, 2.75) is 18.2 Å². The van der Waals surface area contributed by atoms with E-state index in [1.807, 2.05) is 0 Å². The summed E-state index contributed by atoms with van der Waals surface area (Å²) < 4.78 is 4.90. The van der Waals surface area contributed by atoms with Gasteiger partial charge < -0.3 is 20.7 Å². The molecule has 1 aliphatic heterocycles. The van der Waals surface area contributed by atoms with Gasteiger partial charge in [-0.1, -0.05) is 0 Å². The molecule has 1 saturated heterocycles. The molecule has 0 aromatic heterocycles. The second-order valence-electron chi connectivity index (χ2n) is 2.21. The first-order valence-electron chi connectivity index (χ1n) is 2.92. The average Bonchev–Trinajstić information content (AvgIpc) is 2.15. The van der Waals surface area contributed by atoms with Gasteiger partial charge in [0.05, 0.1) is 25.4 Å². The Kier molecular flexibility index (Phi) is 2.02. The molecule has 0 spiro atoms. The maximum atomic E-state index is 9.05. The van der Waals surface area contributed by atoms with Crippen LogP contribution in [0.1, 0.15) is 0 Å². The van der Waals surface area contributed by atoms with Crippen molar-refractivity contribution in [2.24, 2.45) is 5.73 Å². The van der Waals surface area contributed by atoms with E-state index in [1.165, 1.54) is 0 Å². The molecular formula is C5H11NO3. The first-order valence-corrected chi connectivity index (χ1v) is 2.92. The Hall–Kier alpha value is -0.160. The second-order valence-corrected chi connectivity index (χ2v) is 2.21. The molecule has 0 radical (unpaired) electrons. The number of hydrogen-bond donors (Lipinski definition) is 3. The Labute approximate surface area is 53.2 Å². The van der Waals surface area contributed by atoms with Crippen molar-refractivity contribution in [3.63, 3.8) is 0 Å². The summed E-state index contributed by atoms with van der Waals surface area (Å²) in [6.45, 7) is 0.182. The van der Waals surface area contributed by atoms with Gasteiger partial charge in [0.1, 0.15) is 6.10 Å². The number of aliphatic hydroxyl groups excluding tert-OH is 2. The molecule has 54 valence electrons. The van der Waals surface area contributed by atoms with Crippen LogP contribution in [-0.4, -0.2) is 41.7 Å². The highest BCUT2D eigenvalue weighted by molar-refractivity contribution is 4.85. The summed E-state index contributed by atoms with van der Waals surface area (Å²) in [5, 5.41) is 17.6. The molecule has 0 unspecified atom stereocenters. The minimum atomic E-state index is -0.699. The highest BCUT2D eigenvalue weighted by Crippen LogP contribution is 2.10. The lowest BCUT2D eigenvalue weighted by atomic mass is 10.1. The van der Waals surface area contributed by atoms with Crippen LogP contribution < -0.4 is 5.73 Å². The molecule has 4 N–H and O–H groups in total. The van der Waals surface area contributed by atoms with E-state index in [4.69, 9.17) is 20.7 Å². The van der Waals surface area contributed by atoms with Crippen LogP contribution in [0.25, 0.3) is 0 Å². The predicted molar refractivity (Wildman–Crippen MR) is 30.8 cm³/mol. The zero-order valence-corrected chi connectivity index (χ0v) is 5.03. The zero-order valence-electron chi connectivity index (χ0n) is 5.03. The molecule has 9 heavy (non-hydrogen) atoms. The van der Waals surface area contributed by atoms with Gasteiger partial charge in [-0.15, -0.1) is 0 Å². The fraction of sp³-hybridized carbons (Fsp3) is 1.00. The summed E-state index contributed by atoms with van der Waals surface area (Å²) in [5.74, 6) is 0. The van der Waals surface area contributed by atoms with Crippen molar-refractivity contribution in [3.05, 3.63) is 0 Å². The Balaban J connectivity index is 2.41. The van der Waals surface area contributed by atoms with Crippen molar-refractivity contribution in [1.82, 2.24) is 0 Å². The third-order valence-electron chi connectivity index (χ3n) is 1.50. The van der Waals surface area contributed by atoms with Gasteiger partial charge in [-0.05, 0) is 0 Å². The molecule has 1 aliphatic rings. The summed E-state index contributed by atoms with van der Waals surface area (Å²) in [5.41, 5.74) is 5.36. The summed E-state index contributed by atoms with van der Waals surface area (Å²) in [6.07, 6.45) is -1.17. The van der Waals surface area contributed by atoms with Crippen LogP contribution in [0.5, 0.6) is 0 Å². The largest absolute Gasteiger partial charge is 0.394 e. The molecule has 0 aromatic rings. The maximum absolute atomic E-state index is 9.05. The molecule has 0 aliphatic carbocycles. The lowest BCUT2D eigenvalue weighted by molar-refractivity contribution is 0.00336. The molecule has 3 atom stereocenters. The lowest BCUT2D eigenvalue weighted by Crippen LogP contribution is -2.37. The Morgan fingerprint density at radius 1 is 1.67 bits per heavy atom. The van der Waals surface area contributed by atoms with Crippen LogP contribution in [0.4, 0.5) is 0 Å². The van der Waals surface area contributed by atoms with Crippen molar-refractivity contribution in [2.75, 3.05) is 13.2 Å². The lowest BCUT2D eigenvalue weighted by Gasteiger charge is -2.10. The van der Waals surface area contributed by atoms with Crippen LogP contribution in [0.3, 0.4) is 0 Å². The zero-order chi connectivity index (χ0) is 6.85. The maximum Gasteiger partial charge on any atom is 0.108 e. The smallest absolute Gasteiger partial charge is 0.108 e. The first kappa shape index (κ1) is 6.95. The average molecular weight is 133 g/mol. The minimum absolute atomic E-state index is 0.158. The predicted octanol–water partition coefficient (Wildman–Crippen LogP) is -1.93. The van der Waals surface area contributed by atoms with E-state index < -0.39 is 12.2 Å². The van der Waals surface area contributed by atoms with Crippen molar-refractivity contribution < 1.29 is 14.9 Å². The summed E-state index contributed by atoms with van der Waals surface area (Å²) in [6, 6.07) is -0.331. The van der Waals surface area contributed by atoms with Crippen molar-refractivity contribution >= 4 is 0 Å². The van der Waals surface area contributed by atoms with Gasteiger partial charge in [-0.3, -0.25) is 0 Å². The quantitative estimate of drug-likeness (QED) is 0.389. The van der Waals surface area contributed by atoms with E-state index in [9.17, 15) is 0 Å². The molecule has 0 aromatic carbocycles. The van der Waals surface area contributed by atoms with Crippen LogP contribution in [-0.2, 0) is 4.74 Å². The third-order valence-corrected chi connectivity index (χ3v) is 1.50. The topological polar surface area (TPSA) is 75.7 Å². The second kappa shape index (κ2) is 2.62. The normalized spacial score (nSPS) is 43.7. The molecule has 4 heteroatoms. The van der Waals surface area contributed by atoms with Crippen LogP contribution in [0, 0.1) is 0 Å². The van der Waals surface area contributed by atoms with Crippen molar-refractivity contribution in [3.8, 4) is 0 Å². The van der Waals surface area contributed by atoms with E-state index in [1.54, 1.807) is 0 Å². The fourth-order valence-corrected chi connectivity index (χ4v) is 0.868. The molecule has 0 amide bonds. The fourth-order valence-electron chi connectivity index (χ4n) is 0.868. The monoisotopic (exact) mass is 133 g/mol. The van der Waals surface area contributed by atoms with Gasteiger partial charge in [0.2, 0.25) is 0 Å². The van der Waals surface area contributed by atoms with E-state index in [0.29, 0.717) is 6.61 Å². The number of nitrogens with two attached hydrogens (primary N) is 1. The standard InChI is InChI=1S/C5H11NO3/c6-3-2-9-4(1-7)5(3)8/h3-5,7-8H,1-2,6H2/t3-,4+,5-/m0/s1. The Morgan fingerprint density at radius 2 is 2.33 bits per heavy atom. The van der Waals surface area contributed by atoms with Crippen LogP contribution in [0.2, 0.25) is 0 Å². The number of hydrogen-bond acceptors (Lipinski definition) is 4. The van der Waals surface area contributed by atoms with Gasteiger partial charge in [0.25, 0.3) is 0 Å². The molecule has 4 nitrogen and oxygen atoms in total. The van der Waals surface area contributed by atoms with E-state index in [2.05, 4.69) is 0 Å². The number of aliphatic hydroxyl groups is 2.